The average molecular weight is 524 g/mol. The molecule has 0 saturated carbocycles. The number of amides is 3. The Morgan fingerprint density at radius 3 is 2.49 bits per heavy atom. The Hall–Kier alpha value is -2.58. The van der Waals surface area contributed by atoms with Crippen molar-refractivity contribution >= 4 is 29.5 Å². The van der Waals surface area contributed by atoms with Crippen LogP contribution in [0.3, 0.4) is 0 Å². The van der Waals surface area contributed by atoms with E-state index in [1.807, 2.05) is 46.2 Å². The van der Waals surface area contributed by atoms with Crippen LogP contribution < -0.4 is 0 Å². The molecule has 0 bridgehead atoms. The number of fused-ring (bicyclic) bond motifs is 2. The third kappa shape index (κ3) is 4.63. The number of benzene rings is 1. The molecule has 1 aromatic rings. The van der Waals surface area contributed by atoms with E-state index in [1.165, 1.54) is 0 Å². The fourth-order valence-electron chi connectivity index (χ4n) is 6.46. The first kappa shape index (κ1) is 26.0. The number of aliphatic hydroxyl groups excluding tert-OH is 1. The number of thioether (sulfide) groups is 1. The molecule has 2 saturated heterocycles. The van der Waals surface area contributed by atoms with E-state index in [1.54, 1.807) is 16.7 Å². The maximum absolute atomic E-state index is 14.3. The minimum Gasteiger partial charge on any atom is -0.396 e. The molecular formula is C29H37N3O4S. The van der Waals surface area contributed by atoms with Crippen LogP contribution in [-0.4, -0.2) is 86.4 Å². The Balaban J connectivity index is 1.51. The molecule has 8 heteroatoms. The zero-order valence-corrected chi connectivity index (χ0v) is 22.3. The van der Waals surface area contributed by atoms with Crippen molar-refractivity contribution in [2.45, 2.75) is 55.2 Å². The Kier molecular flexibility index (Phi) is 7.77. The molecule has 1 aromatic carbocycles. The van der Waals surface area contributed by atoms with Crippen molar-refractivity contribution in [3.63, 3.8) is 0 Å². The van der Waals surface area contributed by atoms with Crippen LogP contribution in [-0.2, 0) is 20.9 Å². The zero-order valence-electron chi connectivity index (χ0n) is 21.5. The van der Waals surface area contributed by atoms with Gasteiger partial charge in [0.15, 0.2) is 0 Å². The van der Waals surface area contributed by atoms with E-state index in [2.05, 4.69) is 25.2 Å². The largest absolute Gasteiger partial charge is 0.396 e. The summed E-state index contributed by atoms with van der Waals surface area (Å²) in [6, 6.07) is 9.29. The van der Waals surface area contributed by atoms with Gasteiger partial charge in [-0.1, -0.05) is 61.6 Å². The molecule has 37 heavy (non-hydrogen) atoms. The zero-order chi connectivity index (χ0) is 26.0. The van der Waals surface area contributed by atoms with E-state index in [4.69, 9.17) is 0 Å². The Labute approximate surface area is 223 Å². The Morgan fingerprint density at radius 1 is 0.946 bits per heavy atom. The molecule has 198 valence electrons. The van der Waals surface area contributed by atoms with Crippen molar-refractivity contribution in [1.82, 2.24) is 14.7 Å². The average Bonchev–Trinajstić information content (AvgIpc) is 3.22. The molecule has 1 N–H and O–H groups in total. The summed E-state index contributed by atoms with van der Waals surface area (Å²) in [5, 5.41) is 9.11. The van der Waals surface area contributed by atoms with Crippen LogP contribution in [0.15, 0.2) is 54.6 Å². The van der Waals surface area contributed by atoms with Gasteiger partial charge in [0, 0.05) is 44.6 Å². The molecule has 0 radical (unpaired) electrons. The topological polar surface area (TPSA) is 81.2 Å². The van der Waals surface area contributed by atoms with Gasteiger partial charge in [-0.3, -0.25) is 14.4 Å². The standard InChI is InChI=1S/C29H37N3O4S/c1-2-15-30-16-9-13-22-23(26(30)34)24-27(35)32(18-7-4-8-19-33)25-28(36)31(17-10-14-29(24,25)37-22)20-21-11-5-3-6-12-21/h3,5-6,9-14,22-25,33H,2,4,7-8,15-20H2,1H3/t22-,23+,24+,25?,29+/m1/s1. The molecule has 5 rings (SSSR count). The van der Waals surface area contributed by atoms with Crippen LogP contribution in [0, 0.1) is 11.8 Å². The molecular weight excluding hydrogens is 486 g/mol. The van der Waals surface area contributed by atoms with Gasteiger partial charge >= 0.3 is 0 Å². The molecule has 0 aliphatic carbocycles. The quantitative estimate of drug-likeness (QED) is 0.398. The second kappa shape index (κ2) is 11.0. The lowest BCUT2D eigenvalue weighted by atomic mass is 9.78. The van der Waals surface area contributed by atoms with Crippen molar-refractivity contribution in [2.24, 2.45) is 11.8 Å². The minimum absolute atomic E-state index is 0.0340. The highest BCUT2D eigenvalue weighted by Gasteiger charge is 2.70. The summed E-state index contributed by atoms with van der Waals surface area (Å²) in [5.74, 6) is -1.11. The first-order chi connectivity index (χ1) is 18.0. The number of likely N-dealkylation sites (tertiary alicyclic amines) is 1. The predicted octanol–water partition coefficient (Wildman–Crippen LogP) is 2.85. The SMILES string of the molecule is CCCN1CC=C[C@H]2S[C@]34C=CCN(Cc5ccccc5)C(=O)C3N(CCCCCO)C(=O)[C@@H]4[C@H]2C1=O. The third-order valence-corrected chi connectivity index (χ3v) is 9.84. The molecule has 2 fully saturated rings. The van der Waals surface area contributed by atoms with Crippen LogP contribution in [0.5, 0.6) is 0 Å². The van der Waals surface area contributed by atoms with Crippen molar-refractivity contribution in [3.05, 3.63) is 60.2 Å². The summed E-state index contributed by atoms with van der Waals surface area (Å²) in [4.78, 5) is 47.7. The van der Waals surface area contributed by atoms with E-state index < -0.39 is 22.6 Å². The first-order valence-corrected chi connectivity index (χ1v) is 14.4. The lowest BCUT2D eigenvalue weighted by molar-refractivity contribution is -0.144. The van der Waals surface area contributed by atoms with E-state index >= 15 is 0 Å². The fourth-order valence-corrected chi connectivity index (χ4v) is 8.47. The fraction of sp³-hybridized carbons (Fsp3) is 0.552. The van der Waals surface area contributed by atoms with Gasteiger partial charge in [-0.2, -0.15) is 0 Å². The van der Waals surface area contributed by atoms with Gasteiger partial charge < -0.3 is 19.8 Å². The van der Waals surface area contributed by atoms with Crippen LogP contribution in [0.2, 0.25) is 0 Å². The van der Waals surface area contributed by atoms with Crippen molar-refractivity contribution < 1.29 is 19.5 Å². The number of carbonyl (C=O) groups excluding carboxylic acids is 3. The van der Waals surface area contributed by atoms with E-state index in [0.29, 0.717) is 39.1 Å². The van der Waals surface area contributed by atoms with E-state index in [9.17, 15) is 19.5 Å². The molecule has 4 aliphatic heterocycles. The highest BCUT2D eigenvalue weighted by molar-refractivity contribution is 8.02. The normalized spacial score (nSPS) is 30.9. The summed E-state index contributed by atoms with van der Waals surface area (Å²) < 4.78 is -0.763. The summed E-state index contributed by atoms with van der Waals surface area (Å²) >= 11 is 1.64. The molecule has 5 atom stereocenters. The molecule has 1 spiro atoms. The van der Waals surface area contributed by atoms with E-state index in [0.717, 1.165) is 24.8 Å². The minimum atomic E-state index is -0.763. The van der Waals surface area contributed by atoms with Crippen LogP contribution in [0.1, 0.15) is 38.2 Å². The van der Waals surface area contributed by atoms with Crippen LogP contribution in [0.25, 0.3) is 0 Å². The second-order valence-electron chi connectivity index (χ2n) is 10.5. The van der Waals surface area contributed by atoms with Gasteiger partial charge in [0.25, 0.3) is 0 Å². The maximum Gasteiger partial charge on any atom is 0.247 e. The van der Waals surface area contributed by atoms with Gasteiger partial charge in [0.2, 0.25) is 17.7 Å². The Bertz CT molecular complexity index is 1080. The van der Waals surface area contributed by atoms with E-state index in [-0.39, 0.29) is 29.6 Å². The van der Waals surface area contributed by atoms with Crippen LogP contribution in [0.4, 0.5) is 0 Å². The lowest BCUT2D eigenvalue weighted by Gasteiger charge is -2.35. The van der Waals surface area contributed by atoms with Crippen molar-refractivity contribution in [2.75, 3.05) is 32.8 Å². The van der Waals surface area contributed by atoms with Crippen LogP contribution >= 0.6 is 11.8 Å². The molecule has 0 aromatic heterocycles. The van der Waals surface area contributed by atoms with Gasteiger partial charge in [-0.25, -0.2) is 0 Å². The molecule has 3 amide bonds. The number of hydrogen-bond acceptors (Lipinski definition) is 5. The second-order valence-corrected chi connectivity index (χ2v) is 12.0. The maximum atomic E-state index is 14.3. The number of unbranched alkanes of at least 4 members (excludes halogenated alkanes) is 2. The monoisotopic (exact) mass is 523 g/mol. The number of aliphatic hydroxyl groups is 1. The van der Waals surface area contributed by atoms with Gasteiger partial charge in [-0.15, -0.1) is 11.8 Å². The van der Waals surface area contributed by atoms with Gasteiger partial charge in [0.1, 0.15) is 6.04 Å². The summed E-state index contributed by atoms with van der Waals surface area (Å²) in [6.45, 7) is 4.83. The molecule has 4 aliphatic rings. The van der Waals surface area contributed by atoms with Crippen molar-refractivity contribution in [1.29, 1.82) is 0 Å². The number of hydrogen-bond donors (Lipinski definition) is 1. The lowest BCUT2D eigenvalue weighted by Crippen LogP contribution is -2.53. The van der Waals surface area contributed by atoms with Gasteiger partial charge in [-0.05, 0) is 31.2 Å². The Morgan fingerprint density at radius 2 is 1.73 bits per heavy atom. The third-order valence-electron chi connectivity index (χ3n) is 8.09. The molecule has 4 heterocycles. The summed E-state index contributed by atoms with van der Waals surface area (Å²) in [7, 11) is 0. The number of rotatable bonds is 9. The number of carbonyl (C=O) groups is 3. The molecule has 1 unspecified atom stereocenters. The highest BCUT2D eigenvalue weighted by Crippen LogP contribution is 2.61. The molecule has 7 nitrogen and oxygen atoms in total. The highest BCUT2D eigenvalue weighted by atomic mass is 32.2. The van der Waals surface area contributed by atoms with Gasteiger partial charge in [0.05, 0.1) is 16.6 Å². The summed E-state index contributed by atoms with van der Waals surface area (Å²) in [6.07, 6.45) is 11.3. The first-order valence-electron chi connectivity index (χ1n) is 13.6. The predicted molar refractivity (Wildman–Crippen MR) is 145 cm³/mol. The number of nitrogens with zero attached hydrogens (tertiary/aromatic N) is 3. The van der Waals surface area contributed by atoms with Crippen molar-refractivity contribution in [3.8, 4) is 0 Å². The smallest absolute Gasteiger partial charge is 0.247 e. The summed E-state index contributed by atoms with van der Waals surface area (Å²) in [5.41, 5.74) is 1.05.